The maximum atomic E-state index is 10.5. The van der Waals surface area contributed by atoms with Crippen LogP contribution in [-0.2, 0) is 11.3 Å². The molecule has 0 aliphatic rings. The van der Waals surface area contributed by atoms with Crippen molar-refractivity contribution in [3.8, 4) is 0 Å². The second-order valence-corrected chi connectivity index (χ2v) is 3.21. The average Bonchev–Trinajstić information content (AvgIpc) is 2.16. The Hall–Kier alpha value is -1.42. The monoisotopic (exact) mass is 194 g/mol. The molecule has 1 rings (SSSR count). The van der Waals surface area contributed by atoms with Crippen molar-refractivity contribution >= 4 is 5.97 Å². The first-order valence-corrected chi connectivity index (χ1v) is 4.48. The third-order valence-corrected chi connectivity index (χ3v) is 2.06. The fourth-order valence-electron chi connectivity index (χ4n) is 1.04. The highest BCUT2D eigenvalue weighted by atomic mass is 16.4. The third-order valence-electron chi connectivity index (χ3n) is 2.06. The van der Waals surface area contributed by atoms with Gasteiger partial charge in [-0.3, -0.25) is 15.1 Å². The van der Waals surface area contributed by atoms with Gasteiger partial charge in [0, 0.05) is 12.7 Å². The molecule has 4 nitrogen and oxygen atoms in total. The van der Waals surface area contributed by atoms with E-state index in [1.54, 1.807) is 13.1 Å². The maximum absolute atomic E-state index is 10.5. The van der Waals surface area contributed by atoms with Gasteiger partial charge in [0.15, 0.2) is 0 Å². The van der Waals surface area contributed by atoms with Crippen molar-refractivity contribution in [2.45, 2.75) is 26.4 Å². The molecule has 0 bridgehead atoms. The summed E-state index contributed by atoms with van der Waals surface area (Å²) >= 11 is 0. The predicted octanol–water partition coefficient (Wildman–Crippen LogP) is 0.953. The van der Waals surface area contributed by atoms with E-state index in [0.717, 1.165) is 11.3 Å². The number of aliphatic carboxylic acids is 1. The molecule has 0 radical (unpaired) electrons. The minimum Gasteiger partial charge on any atom is -0.480 e. The lowest BCUT2D eigenvalue weighted by Crippen LogP contribution is -2.33. The van der Waals surface area contributed by atoms with E-state index in [0.29, 0.717) is 6.54 Å². The van der Waals surface area contributed by atoms with Crippen molar-refractivity contribution < 1.29 is 9.90 Å². The lowest BCUT2D eigenvalue weighted by Gasteiger charge is -2.09. The number of nitrogens with one attached hydrogen (secondary N) is 1. The van der Waals surface area contributed by atoms with Crippen molar-refractivity contribution in [1.29, 1.82) is 0 Å². The van der Waals surface area contributed by atoms with Crippen LogP contribution in [0.3, 0.4) is 0 Å². The molecule has 0 aliphatic carbocycles. The fraction of sp³-hybridized carbons (Fsp3) is 0.400. The molecule has 1 atom stereocenters. The van der Waals surface area contributed by atoms with Crippen molar-refractivity contribution in [2.75, 3.05) is 0 Å². The number of pyridine rings is 1. The van der Waals surface area contributed by atoms with Crippen molar-refractivity contribution in [2.24, 2.45) is 0 Å². The molecular formula is C10H14N2O2. The zero-order chi connectivity index (χ0) is 10.6. The maximum Gasteiger partial charge on any atom is 0.320 e. The van der Waals surface area contributed by atoms with E-state index in [1.807, 2.05) is 19.1 Å². The highest BCUT2D eigenvalue weighted by molar-refractivity contribution is 5.72. The van der Waals surface area contributed by atoms with Crippen molar-refractivity contribution in [1.82, 2.24) is 10.3 Å². The molecule has 4 heteroatoms. The number of aromatic nitrogens is 1. The smallest absolute Gasteiger partial charge is 0.320 e. The highest BCUT2D eigenvalue weighted by Gasteiger charge is 2.09. The summed E-state index contributed by atoms with van der Waals surface area (Å²) in [6, 6.07) is 3.27. The van der Waals surface area contributed by atoms with E-state index >= 15 is 0 Å². The molecule has 0 spiro atoms. The Bertz CT molecular complexity index is 326. The Labute approximate surface area is 83.0 Å². The van der Waals surface area contributed by atoms with Gasteiger partial charge in [-0.25, -0.2) is 0 Å². The summed E-state index contributed by atoms with van der Waals surface area (Å²) in [5.41, 5.74) is 1.96. The van der Waals surface area contributed by atoms with Gasteiger partial charge in [-0.1, -0.05) is 6.07 Å². The normalized spacial score (nSPS) is 12.4. The summed E-state index contributed by atoms with van der Waals surface area (Å²) in [4.78, 5) is 14.7. The minimum atomic E-state index is -0.849. The summed E-state index contributed by atoms with van der Waals surface area (Å²) in [5.74, 6) is -0.849. The number of nitrogens with zero attached hydrogens (tertiary/aromatic N) is 1. The average molecular weight is 194 g/mol. The van der Waals surface area contributed by atoms with Crippen LogP contribution in [0.15, 0.2) is 18.3 Å². The first kappa shape index (κ1) is 10.7. The van der Waals surface area contributed by atoms with Crippen molar-refractivity contribution in [3.05, 3.63) is 29.6 Å². The molecule has 0 aromatic carbocycles. The molecule has 0 saturated heterocycles. The van der Waals surface area contributed by atoms with Gasteiger partial charge in [0.1, 0.15) is 6.04 Å². The number of aryl methyl sites for hydroxylation is 1. The van der Waals surface area contributed by atoms with E-state index < -0.39 is 12.0 Å². The largest absolute Gasteiger partial charge is 0.480 e. The molecule has 0 aliphatic heterocycles. The van der Waals surface area contributed by atoms with E-state index in [9.17, 15) is 4.79 Å². The topological polar surface area (TPSA) is 62.2 Å². The van der Waals surface area contributed by atoms with Crippen LogP contribution < -0.4 is 5.32 Å². The zero-order valence-electron chi connectivity index (χ0n) is 8.32. The number of rotatable bonds is 4. The van der Waals surface area contributed by atoms with Crippen molar-refractivity contribution in [3.63, 3.8) is 0 Å². The molecule has 0 saturated carbocycles. The molecule has 1 aromatic rings. The number of hydrogen-bond donors (Lipinski definition) is 2. The number of carbonyl (C=O) groups is 1. The van der Waals surface area contributed by atoms with E-state index in [2.05, 4.69) is 10.3 Å². The molecule has 14 heavy (non-hydrogen) atoms. The van der Waals surface area contributed by atoms with Gasteiger partial charge in [-0.15, -0.1) is 0 Å². The van der Waals surface area contributed by atoms with Gasteiger partial charge in [0.05, 0.1) is 5.69 Å². The SMILES string of the molecule is Cc1cccnc1CNC(C)C(=O)O. The Balaban J connectivity index is 2.54. The minimum absolute atomic E-state index is 0.486. The molecule has 0 fully saturated rings. The second-order valence-electron chi connectivity index (χ2n) is 3.21. The van der Waals surface area contributed by atoms with Crippen LogP contribution in [0, 0.1) is 6.92 Å². The van der Waals surface area contributed by atoms with Gasteiger partial charge in [0.25, 0.3) is 0 Å². The molecule has 2 N–H and O–H groups in total. The first-order valence-electron chi connectivity index (χ1n) is 4.48. The third kappa shape index (κ3) is 2.81. The standard InChI is InChI=1S/C10H14N2O2/c1-7-4-3-5-11-9(7)6-12-8(2)10(13)14/h3-5,8,12H,6H2,1-2H3,(H,13,14). The molecule has 76 valence electrons. The van der Waals surface area contributed by atoms with Crippen LogP contribution in [0.2, 0.25) is 0 Å². The summed E-state index contributed by atoms with van der Waals surface area (Å²) < 4.78 is 0. The quantitative estimate of drug-likeness (QED) is 0.749. The van der Waals surface area contributed by atoms with E-state index in [1.165, 1.54) is 0 Å². The van der Waals surface area contributed by atoms with Gasteiger partial charge < -0.3 is 5.11 Å². The van der Waals surface area contributed by atoms with Crippen LogP contribution >= 0.6 is 0 Å². The molecule has 1 aromatic heterocycles. The summed E-state index contributed by atoms with van der Waals surface area (Å²) in [6.45, 7) is 4.05. The number of hydrogen-bond acceptors (Lipinski definition) is 3. The summed E-state index contributed by atoms with van der Waals surface area (Å²) in [5, 5.41) is 11.5. The van der Waals surface area contributed by atoms with Gasteiger partial charge in [-0.2, -0.15) is 0 Å². The molecule has 1 unspecified atom stereocenters. The Morgan fingerprint density at radius 2 is 2.43 bits per heavy atom. The number of carboxylic acid groups (broad SMARTS) is 1. The van der Waals surface area contributed by atoms with E-state index in [-0.39, 0.29) is 0 Å². The zero-order valence-corrected chi connectivity index (χ0v) is 8.32. The Morgan fingerprint density at radius 3 is 3.00 bits per heavy atom. The Morgan fingerprint density at radius 1 is 1.71 bits per heavy atom. The van der Waals surface area contributed by atoms with Crippen LogP contribution in [0.4, 0.5) is 0 Å². The lowest BCUT2D eigenvalue weighted by atomic mass is 10.2. The van der Waals surface area contributed by atoms with Crippen LogP contribution in [-0.4, -0.2) is 22.1 Å². The van der Waals surface area contributed by atoms with E-state index in [4.69, 9.17) is 5.11 Å². The van der Waals surface area contributed by atoms with Gasteiger partial charge in [0.2, 0.25) is 0 Å². The molecular weight excluding hydrogens is 180 g/mol. The number of carboxylic acids is 1. The van der Waals surface area contributed by atoms with Gasteiger partial charge >= 0.3 is 5.97 Å². The predicted molar refractivity (Wildman–Crippen MR) is 52.9 cm³/mol. The lowest BCUT2D eigenvalue weighted by molar-refractivity contribution is -0.139. The molecule has 0 amide bonds. The Kier molecular flexibility index (Phi) is 3.59. The van der Waals surface area contributed by atoms with Crippen LogP contribution in [0.25, 0.3) is 0 Å². The summed E-state index contributed by atoms with van der Waals surface area (Å²) in [6.07, 6.45) is 1.70. The summed E-state index contributed by atoms with van der Waals surface area (Å²) in [7, 11) is 0. The highest BCUT2D eigenvalue weighted by Crippen LogP contribution is 2.02. The first-order chi connectivity index (χ1) is 6.61. The van der Waals surface area contributed by atoms with Gasteiger partial charge in [-0.05, 0) is 25.5 Å². The fourth-order valence-corrected chi connectivity index (χ4v) is 1.04. The second kappa shape index (κ2) is 4.72. The molecule has 1 heterocycles. The van der Waals surface area contributed by atoms with Crippen LogP contribution in [0.1, 0.15) is 18.2 Å². The van der Waals surface area contributed by atoms with Crippen LogP contribution in [0.5, 0.6) is 0 Å².